The molecule has 0 radical (unpaired) electrons. The van der Waals surface area contributed by atoms with E-state index in [2.05, 4.69) is 45.1 Å². The summed E-state index contributed by atoms with van der Waals surface area (Å²) in [5, 5.41) is 13.0. The summed E-state index contributed by atoms with van der Waals surface area (Å²) in [6.45, 7) is 6.70. The van der Waals surface area contributed by atoms with Crippen molar-refractivity contribution in [3.8, 4) is 40.2 Å². The lowest BCUT2D eigenvalue weighted by atomic mass is 9.97. The van der Waals surface area contributed by atoms with Crippen LogP contribution in [0.2, 0.25) is 0 Å². The number of anilines is 2. The Kier molecular flexibility index (Phi) is 19.2. The fourth-order valence-corrected chi connectivity index (χ4v) is 8.25. The van der Waals surface area contributed by atoms with Crippen molar-refractivity contribution in [2.75, 3.05) is 111 Å². The van der Waals surface area contributed by atoms with Gasteiger partial charge >= 0.3 is 6.18 Å². The normalized spacial score (nSPS) is 13.1. The van der Waals surface area contributed by atoms with Crippen LogP contribution in [0, 0.1) is 25.7 Å². The second-order valence-electron chi connectivity index (χ2n) is 17.1. The standard InChI is InChI=1S/C52H64F3N7O9/c1-34-35(2)51(65)61(4)32-41(34)37-29-46(67-6)48(47(30-37)68-7)50(64)58-19-23-70-25-27-71-26-24-69-22-18-57-49(63)36-13-14-43(45(28-36)66-5)56-17-9-10-39-31-40-42(59-38-15-20-60(3)21-16-38)11-8-12-44(40)62(39)33-52(53,54)55/h8,11-14,28-32,38,56,59H,15-27,33H2,1-7H3,(H,57,63)(H,58,64). The van der Waals surface area contributed by atoms with Crippen molar-refractivity contribution in [3.05, 3.63) is 99.1 Å². The number of amides is 2. The number of aryl methyl sites for hydroxylation is 1. The number of fused-ring (bicyclic) bond motifs is 1. The third-order valence-electron chi connectivity index (χ3n) is 12.2. The number of methoxy groups -OCH3 is 3. The number of carbonyl (C=O) groups is 2. The zero-order valence-corrected chi connectivity index (χ0v) is 41.4. The SMILES string of the molecule is COc1cc(C(=O)NCCOCCOCCOCCNC(=O)c2c(OC)cc(-c3cn(C)c(=O)c(C)c3C)cc2OC)ccc1NCC#Cc1cc2c(NC3CCN(C)CC3)cccc2n1CC(F)(F)F. The molecule has 5 aromatic rings. The molecule has 3 aromatic carbocycles. The van der Waals surface area contributed by atoms with Crippen molar-refractivity contribution in [1.29, 1.82) is 0 Å². The van der Waals surface area contributed by atoms with Crippen LogP contribution in [0.4, 0.5) is 24.5 Å². The highest BCUT2D eigenvalue weighted by molar-refractivity contribution is 6.01. The first-order valence-electron chi connectivity index (χ1n) is 23.4. The summed E-state index contributed by atoms with van der Waals surface area (Å²) in [4.78, 5) is 40.8. The van der Waals surface area contributed by atoms with Crippen LogP contribution in [0.25, 0.3) is 22.0 Å². The van der Waals surface area contributed by atoms with Crippen molar-refractivity contribution in [2.45, 2.75) is 45.5 Å². The minimum Gasteiger partial charge on any atom is -0.496 e. The summed E-state index contributed by atoms with van der Waals surface area (Å²) in [6, 6.07) is 15.7. The Morgan fingerprint density at radius 1 is 0.761 bits per heavy atom. The minimum atomic E-state index is -4.44. The molecule has 0 aliphatic carbocycles. The van der Waals surface area contributed by atoms with E-state index in [1.54, 1.807) is 68.7 Å². The predicted octanol–water partition coefficient (Wildman–Crippen LogP) is 6.39. The van der Waals surface area contributed by atoms with Gasteiger partial charge < -0.3 is 63.7 Å². The number of ether oxygens (including phenoxy) is 6. The van der Waals surface area contributed by atoms with Crippen molar-refractivity contribution in [1.82, 2.24) is 24.7 Å². The molecule has 382 valence electrons. The summed E-state index contributed by atoms with van der Waals surface area (Å²) in [5.74, 6) is 6.22. The predicted molar refractivity (Wildman–Crippen MR) is 267 cm³/mol. The van der Waals surface area contributed by atoms with Crippen LogP contribution in [0.5, 0.6) is 17.2 Å². The van der Waals surface area contributed by atoms with E-state index in [0.29, 0.717) is 71.4 Å². The second-order valence-corrected chi connectivity index (χ2v) is 17.1. The fourth-order valence-electron chi connectivity index (χ4n) is 8.25. The van der Waals surface area contributed by atoms with Crippen LogP contribution in [0.15, 0.2) is 65.6 Å². The Balaban J connectivity index is 0.873. The Hall–Kier alpha value is -6.72. The van der Waals surface area contributed by atoms with Gasteiger partial charge in [0.1, 0.15) is 29.4 Å². The van der Waals surface area contributed by atoms with Crippen molar-refractivity contribution < 1.29 is 51.2 Å². The average molecular weight is 988 g/mol. The molecule has 19 heteroatoms. The molecule has 1 fully saturated rings. The monoisotopic (exact) mass is 987 g/mol. The Labute approximate surface area is 412 Å². The van der Waals surface area contributed by atoms with Crippen LogP contribution >= 0.6 is 0 Å². The number of halogens is 3. The summed E-state index contributed by atoms with van der Waals surface area (Å²) in [7, 11) is 8.20. The highest BCUT2D eigenvalue weighted by Crippen LogP contribution is 2.37. The molecule has 0 spiro atoms. The molecule has 6 rings (SSSR count). The van der Waals surface area contributed by atoms with E-state index >= 15 is 0 Å². The van der Waals surface area contributed by atoms with E-state index in [-0.39, 0.29) is 61.6 Å². The van der Waals surface area contributed by atoms with Gasteiger partial charge in [-0.3, -0.25) is 14.4 Å². The second kappa shape index (κ2) is 25.4. The number of aromatic nitrogens is 2. The van der Waals surface area contributed by atoms with E-state index in [4.69, 9.17) is 28.4 Å². The zero-order chi connectivity index (χ0) is 51.1. The molecule has 0 saturated carbocycles. The van der Waals surface area contributed by atoms with Crippen LogP contribution in [-0.4, -0.2) is 139 Å². The largest absolute Gasteiger partial charge is 0.496 e. The van der Waals surface area contributed by atoms with Crippen LogP contribution in [-0.2, 0) is 27.8 Å². The summed E-state index contributed by atoms with van der Waals surface area (Å²) < 4.78 is 77.5. The maximum absolute atomic E-state index is 13.8. The van der Waals surface area contributed by atoms with Gasteiger partial charge in [-0.2, -0.15) is 13.2 Å². The quantitative estimate of drug-likeness (QED) is 0.0422. The smallest absolute Gasteiger partial charge is 0.406 e. The molecular formula is C52H64F3N7O9. The van der Waals surface area contributed by atoms with Gasteiger partial charge in [-0.25, -0.2) is 0 Å². The van der Waals surface area contributed by atoms with Gasteiger partial charge in [0.2, 0.25) is 0 Å². The van der Waals surface area contributed by atoms with Gasteiger partial charge in [0.25, 0.3) is 17.4 Å². The molecule has 2 aromatic heterocycles. The van der Waals surface area contributed by atoms with E-state index in [1.165, 1.54) is 30.5 Å². The maximum atomic E-state index is 13.8. The van der Waals surface area contributed by atoms with Crippen molar-refractivity contribution >= 4 is 34.1 Å². The van der Waals surface area contributed by atoms with E-state index in [1.807, 2.05) is 13.0 Å². The lowest BCUT2D eigenvalue weighted by molar-refractivity contribution is -0.140. The van der Waals surface area contributed by atoms with E-state index < -0.39 is 18.6 Å². The number of pyridine rings is 1. The van der Waals surface area contributed by atoms with Crippen LogP contribution in [0.1, 0.15) is 50.4 Å². The summed E-state index contributed by atoms with van der Waals surface area (Å²) in [6.07, 6.45) is -0.798. The lowest BCUT2D eigenvalue weighted by Crippen LogP contribution is -2.36. The van der Waals surface area contributed by atoms with Gasteiger partial charge in [0.05, 0.1) is 84.4 Å². The molecule has 1 saturated heterocycles. The first-order valence-corrected chi connectivity index (χ1v) is 23.4. The number of carbonyl (C=O) groups excluding carboxylic acids is 2. The van der Waals surface area contributed by atoms with Gasteiger partial charge in [-0.15, -0.1) is 0 Å². The van der Waals surface area contributed by atoms with Gasteiger partial charge in [0.15, 0.2) is 0 Å². The first kappa shape index (κ1) is 53.6. The number of rotatable bonds is 23. The van der Waals surface area contributed by atoms with Gasteiger partial charge in [-0.05, 0) is 112 Å². The molecule has 16 nitrogen and oxygen atoms in total. The lowest BCUT2D eigenvalue weighted by Gasteiger charge is -2.30. The third kappa shape index (κ3) is 14.4. The fraction of sp³-hybridized carbons (Fsp3) is 0.442. The summed E-state index contributed by atoms with van der Waals surface area (Å²) in [5.41, 5.74) is 5.61. The number of nitrogens with one attached hydrogen (secondary N) is 4. The molecule has 3 heterocycles. The maximum Gasteiger partial charge on any atom is 0.406 e. The molecule has 4 N–H and O–H groups in total. The molecule has 0 atom stereocenters. The number of alkyl halides is 3. The van der Waals surface area contributed by atoms with Crippen LogP contribution in [0.3, 0.4) is 0 Å². The molecule has 1 aliphatic rings. The number of likely N-dealkylation sites (tertiary alicyclic amines) is 1. The van der Waals surface area contributed by atoms with Crippen molar-refractivity contribution in [3.63, 3.8) is 0 Å². The molecule has 0 unspecified atom stereocenters. The number of piperidine rings is 1. The van der Waals surface area contributed by atoms with E-state index in [0.717, 1.165) is 48.3 Å². The zero-order valence-electron chi connectivity index (χ0n) is 41.4. The van der Waals surface area contributed by atoms with Gasteiger partial charge in [-0.1, -0.05) is 12.0 Å². The minimum absolute atomic E-state index is 0.0788. The van der Waals surface area contributed by atoms with Crippen LogP contribution < -0.4 is 41.0 Å². The number of benzene rings is 3. The Morgan fingerprint density at radius 2 is 1.38 bits per heavy atom. The highest BCUT2D eigenvalue weighted by Gasteiger charge is 2.30. The van der Waals surface area contributed by atoms with Crippen molar-refractivity contribution in [2.24, 2.45) is 7.05 Å². The average Bonchev–Trinajstić information content (AvgIpc) is 3.70. The molecule has 1 aliphatic heterocycles. The Morgan fingerprint density at radius 3 is 2.00 bits per heavy atom. The molecule has 0 bridgehead atoms. The van der Waals surface area contributed by atoms with E-state index in [9.17, 15) is 27.6 Å². The third-order valence-corrected chi connectivity index (χ3v) is 12.2. The summed E-state index contributed by atoms with van der Waals surface area (Å²) >= 11 is 0. The topological polar surface area (TPSA) is 168 Å². The highest BCUT2D eigenvalue weighted by atomic mass is 19.4. The molecular weight excluding hydrogens is 924 g/mol. The number of nitrogens with zero attached hydrogens (tertiary/aromatic N) is 3. The first-order chi connectivity index (χ1) is 34.1. The molecule has 71 heavy (non-hydrogen) atoms. The molecule has 2 amide bonds. The number of hydrogen-bond acceptors (Lipinski definition) is 12. The van der Waals surface area contributed by atoms with Gasteiger partial charge in [0, 0.05) is 60.1 Å². The Bertz CT molecular complexity index is 2730. The number of hydrogen-bond donors (Lipinski definition) is 4.